The highest BCUT2D eigenvalue weighted by atomic mass is 28.3. The molecule has 0 unspecified atom stereocenters. The van der Waals surface area contributed by atoms with Crippen LogP contribution in [-0.2, 0) is 0 Å². The van der Waals surface area contributed by atoms with Crippen molar-refractivity contribution in [3.63, 3.8) is 0 Å². The second-order valence-corrected chi connectivity index (χ2v) is 8.18. The SMILES string of the molecule is C=Cc1ccc([Si](C)(C)C=C)cc1. The molecule has 13 heavy (non-hydrogen) atoms. The molecular weight excluding hydrogens is 172 g/mol. The molecule has 1 aromatic carbocycles. The van der Waals surface area contributed by atoms with Crippen molar-refractivity contribution in [1.29, 1.82) is 0 Å². The van der Waals surface area contributed by atoms with Gasteiger partial charge in [0.15, 0.2) is 0 Å². The van der Waals surface area contributed by atoms with Crippen molar-refractivity contribution in [1.82, 2.24) is 0 Å². The van der Waals surface area contributed by atoms with Gasteiger partial charge in [0.05, 0.1) is 0 Å². The predicted molar refractivity (Wildman–Crippen MR) is 63.8 cm³/mol. The van der Waals surface area contributed by atoms with Gasteiger partial charge in [-0.3, -0.25) is 0 Å². The Balaban J connectivity index is 3.04. The lowest BCUT2D eigenvalue weighted by Gasteiger charge is -2.17. The molecule has 1 heteroatoms. The zero-order valence-electron chi connectivity index (χ0n) is 8.38. The fourth-order valence-corrected chi connectivity index (χ4v) is 2.43. The summed E-state index contributed by atoms with van der Waals surface area (Å²) in [6, 6.07) is 8.59. The normalized spacial score (nSPS) is 10.9. The van der Waals surface area contributed by atoms with Crippen molar-refractivity contribution in [2.45, 2.75) is 13.1 Å². The van der Waals surface area contributed by atoms with E-state index in [1.807, 2.05) is 6.08 Å². The Kier molecular flexibility index (Phi) is 2.89. The summed E-state index contributed by atoms with van der Waals surface area (Å²) >= 11 is 0. The smallest absolute Gasteiger partial charge is 0.103 e. The molecular formula is C12H16Si. The standard InChI is InChI=1S/C12H16Si/c1-5-11-7-9-12(10-8-11)13(3,4)6-2/h5-10H,1-2H2,3-4H3. The molecule has 0 nitrogen and oxygen atoms in total. The van der Waals surface area contributed by atoms with Crippen LogP contribution in [-0.4, -0.2) is 8.07 Å². The van der Waals surface area contributed by atoms with E-state index in [4.69, 9.17) is 0 Å². The first kappa shape index (κ1) is 10.0. The minimum absolute atomic E-state index is 1.18. The van der Waals surface area contributed by atoms with Crippen molar-refractivity contribution < 1.29 is 0 Å². The lowest BCUT2D eigenvalue weighted by atomic mass is 10.2. The third-order valence-electron chi connectivity index (χ3n) is 2.40. The van der Waals surface area contributed by atoms with Crippen molar-refractivity contribution in [2.75, 3.05) is 0 Å². The van der Waals surface area contributed by atoms with E-state index in [2.05, 4.69) is 56.2 Å². The van der Waals surface area contributed by atoms with Gasteiger partial charge in [0.25, 0.3) is 0 Å². The highest BCUT2D eigenvalue weighted by Crippen LogP contribution is 2.06. The molecule has 1 rings (SSSR count). The highest BCUT2D eigenvalue weighted by molar-refractivity contribution is 6.93. The van der Waals surface area contributed by atoms with Gasteiger partial charge in [-0.2, -0.15) is 0 Å². The summed E-state index contributed by atoms with van der Waals surface area (Å²) in [5, 5.41) is 1.42. The van der Waals surface area contributed by atoms with Crippen LogP contribution in [0, 0.1) is 0 Å². The fraction of sp³-hybridized carbons (Fsp3) is 0.167. The molecule has 0 saturated heterocycles. The Morgan fingerprint density at radius 1 is 1.08 bits per heavy atom. The molecule has 0 fully saturated rings. The summed E-state index contributed by atoms with van der Waals surface area (Å²) in [5.74, 6) is 0. The first-order valence-electron chi connectivity index (χ1n) is 4.47. The van der Waals surface area contributed by atoms with Crippen LogP contribution in [0.3, 0.4) is 0 Å². The summed E-state index contributed by atoms with van der Waals surface area (Å²) < 4.78 is 0. The molecule has 0 amide bonds. The Bertz CT molecular complexity index is 306. The number of hydrogen-bond acceptors (Lipinski definition) is 0. The van der Waals surface area contributed by atoms with Crippen molar-refractivity contribution in [2.24, 2.45) is 0 Å². The summed E-state index contributed by atoms with van der Waals surface area (Å²) in [5.41, 5.74) is 3.29. The van der Waals surface area contributed by atoms with Crippen LogP contribution in [0.15, 0.2) is 43.1 Å². The van der Waals surface area contributed by atoms with E-state index >= 15 is 0 Å². The predicted octanol–water partition coefficient (Wildman–Crippen LogP) is 2.97. The molecule has 0 atom stereocenters. The van der Waals surface area contributed by atoms with Crippen LogP contribution in [0.25, 0.3) is 6.08 Å². The second kappa shape index (κ2) is 3.75. The molecule has 0 saturated carbocycles. The maximum atomic E-state index is 3.89. The maximum Gasteiger partial charge on any atom is 0.103 e. The molecule has 0 aromatic heterocycles. The second-order valence-electron chi connectivity index (χ2n) is 3.75. The molecule has 0 heterocycles. The number of rotatable bonds is 3. The first-order chi connectivity index (χ1) is 6.10. The van der Waals surface area contributed by atoms with E-state index in [0.717, 1.165) is 0 Å². The van der Waals surface area contributed by atoms with E-state index < -0.39 is 8.07 Å². The highest BCUT2D eigenvalue weighted by Gasteiger charge is 2.17. The third kappa shape index (κ3) is 2.19. The number of benzene rings is 1. The molecule has 0 aliphatic rings. The average molecular weight is 188 g/mol. The van der Waals surface area contributed by atoms with E-state index in [9.17, 15) is 0 Å². The Labute approximate surface area is 81.6 Å². The summed E-state index contributed by atoms with van der Waals surface area (Å²) in [6.07, 6.45) is 1.87. The van der Waals surface area contributed by atoms with Gasteiger partial charge in [0.1, 0.15) is 8.07 Å². The molecule has 0 N–H and O–H groups in total. The van der Waals surface area contributed by atoms with Crippen LogP contribution in [0.4, 0.5) is 0 Å². The minimum atomic E-state index is -1.36. The van der Waals surface area contributed by atoms with Gasteiger partial charge in [-0.05, 0) is 5.56 Å². The molecule has 0 radical (unpaired) electrons. The molecule has 0 aliphatic carbocycles. The fourth-order valence-electron chi connectivity index (χ4n) is 1.17. The van der Waals surface area contributed by atoms with Crippen molar-refractivity contribution >= 4 is 19.3 Å². The van der Waals surface area contributed by atoms with Gasteiger partial charge < -0.3 is 0 Å². The monoisotopic (exact) mass is 188 g/mol. The largest absolute Gasteiger partial charge is 0.107 e. The topological polar surface area (TPSA) is 0 Å². The van der Waals surface area contributed by atoms with Gasteiger partial charge in [-0.15, -0.1) is 6.58 Å². The van der Waals surface area contributed by atoms with Gasteiger partial charge in [-0.25, -0.2) is 0 Å². The van der Waals surface area contributed by atoms with Gasteiger partial charge in [0.2, 0.25) is 0 Å². The summed E-state index contributed by atoms with van der Waals surface area (Å²) in [7, 11) is -1.36. The molecule has 0 aliphatic heterocycles. The van der Waals surface area contributed by atoms with Gasteiger partial charge in [0, 0.05) is 0 Å². The van der Waals surface area contributed by atoms with Crippen LogP contribution in [0.1, 0.15) is 5.56 Å². The lowest BCUT2D eigenvalue weighted by Crippen LogP contribution is -2.38. The zero-order chi connectivity index (χ0) is 9.90. The minimum Gasteiger partial charge on any atom is -0.107 e. The van der Waals surface area contributed by atoms with Crippen LogP contribution in [0.2, 0.25) is 13.1 Å². The van der Waals surface area contributed by atoms with E-state index in [1.54, 1.807) is 0 Å². The Morgan fingerprint density at radius 3 is 2.00 bits per heavy atom. The Morgan fingerprint density at radius 2 is 1.62 bits per heavy atom. The average Bonchev–Trinajstić information content (AvgIpc) is 2.18. The molecule has 68 valence electrons. The first-order valence-corrected chi connectivity index (χ1v) is 7.54. The molecule has 0 bridgehead atoms. The number of hydrogen-bond donors (Lipinski definition) is 0. The Hall–Kier alpha value is -1.08. The maximum absolute atomic E-state index is 3.89. The van der Waals surface area contributed by atoms with Crippen molar-refractivity contribution in [3.05, 3.63) is 48.7 Å². The summed E-state index contributed by atoms with van der Waals surface area (Å²) in [6.45, 7) is 12.2. The van der Waals surface area contributed by atoms with E-state index in [-0.39, 0.29) is 0 Å². The third-order valence-corrected chi connectivity index (χ3v) is 5.24. The molecule has 1 aromatic rings. The van der Waals surface area contributed by atoms with E-state index in [0.29, 0.717) is 0 Å². The molecule has 0 spiro atoms. The van der Waals surface area contributed by atoms with E-state index in [1.165, 1.54) is 10.8 Å². The summed E-state index contributed by atoms with van der Waals surface area (Å²) in [4.78, 5) is 0. The van der Waals surface area contributed by atoms with Gasteiger partial charge in [-0.1, -0.05) is 60.9 Å². The van der Waals surface area contributed by atoms with Gasteiger partial charge >= 0.3 is 0 Å². The lowest BCUT2D eigenvalue weighted by molar-refractivity contribution is 1.67. The van der Waals surface area contributed by atoms with Crippen LogP contribution in [0.5, 0.6) is 0 Å². The zero-order valence-corrected chi connectivity index (χ0v) is 9.38. The quantitative estimate of drug-likeness (QED) is 0.640. The van der Waals surface area contributed by atoms with Crippen molar-refractivity contribution in [3.8, 4) is 0 Å². The van der Waals surface area contributed by atoms with Crippen LogP contribution >= 0.6 is 0 Å². The van der Waals surface area contributed by atoms with Crippen LogP contribution < -0.4 is 5.19 Å².